The fourth-order valence-corrected chi connectivity index (χ4v) is 9.26. The molecule has 0 atom stereocenters. The highest BCUT2D eigenvalue weighted by molar-refractivity contribution is 6.12. The second kappa shape index (κ2) is 15.3. The van der Waals surface area contributed by atoms with Crippen LogP contribution in [0.4, 0.5) is 17.1 Å². The largest absolute Gasteiger partial charge is 0.456 e. The third kappa shape index (κ3) is 6.55. The van der Waals surface area contributed by atoms with Crippen LogP contribution in [0.15, 0.2) is 247 Å². The number of furan rings is 1. The molecule has 63 heavy (non-hydrogen) atoms. The van der Waals surface area contributed by atoms with Crippen LogP contribution in [0.3, 0.4) is 0 Å². The van der Waals surface area contributed by atoms with Gasteiger partial charge in [-0.1, -0.05) is 158 Å². The minimum absolute atomic E-state index is 0.887. The van der Waals surface area contributed by atoms with Crippen molar-refractivity contribution in [1.29, 1.82) is 0 Å². The summed E-state index contributed by atoms with van der Waals surface area (Å²) in [5.41, 5.74) is 18.0. The Bertz CT molecular complexity index is 3490. The maximum Gasteiger partial charge on any atom is 0.135 e. The summed E-state index contributed by atoms with van der Waals surface area (Å²) in [5, 5.41) is 4.66. The van der Waals surface area contributed by atoms with E-state index in [2.05, 4.69) is 252 Å². The number of benzene rings is 10. The van der Waals surface area contributed by atoms with Crippen LogP contribution < -0.4 is 4.90 Å². The van der Waals surface area contributed by atoms with Crippen LogP contribution in [-0.4, -0.2) is 4.57 Å². The number of anilines is 3. The Labute approximate surface area is 366 Å². The van der Waals surface area contributed by atoms with Crippen molar-refractivity contribution in [3.05, 3.63) is 243 Å². The van der Waals surface area contributed by atoms with Gasteiger partial charge in [0.1, 0.15) is 11.2 Å². The van der Waals surface area contributed by atoms with E-state index in [1.54, 1.807) is 0 Å². The molecule has 0 unspecified atom stereocenters. The predicted molar refractivity (Wildman–Crippen MR) is 264 cm³/mol. The van der Waals surface area contributed by atoms with Crippen LogP contribution in [0, 0.1) is 0 Å². The number of para-hydroxylation sites is 1. The highest BCUT2D eigenvalue weighted by Crippen LogP contribution is 2.41. The molecule has 0 aliphatic rings. The molecule has 0 saturated carbocycles. The molecule has 12 aromatic rings. The maximum atomic E-state index is 6.36. The lowest BCUT2D eigenvalue weighted by molar-refractivity contribution is 0.669. The molecule has 0 bridgehead atoms. The van der Waals surface area contributed by atoms with E-state index in [-0.39, 0.29) is 0 Å². The molecule has 10 aromatic carbocycles. The fraction of sp³-hybridized carbons (Fsp3) is 0. The van der Waals surface area contributed by atoms with Gasteiger partial charge in [0.15, 0.2) is 0 Å². The quantitative estimate of drug-likeness (QED) is 0.153. The maximum absolute atomic E-state index is 6.36. The lowest BCUT2D eigenvalue weighted by Crippen LogP contribution is -2.09. The number of hydrogen-bond donors (Lipinski definition) is 0. The molecule has 0 aliphatic heterocycles. The summed E-state index contributed by atoms with van der Waals surface area (Å²) < 4.78 is 8.75. The number of aromatic nitrogens is 1. The van der Waals surface area contributed by atoms with Crippen molar-refractivity contribution in [3.63, 3.8) is 0 Å². The van der Waals surface area contributed by atoms with Crippen LogP contribution in [0.2, 0.25) is 0 Å². The third-order valence-electron chi connectivity index (χ3n) is 12.4. The number of nitrogens with zero attached hydrogens (tertiary/aromatic N) is 2. The molecule has 0 radical (unpaired) electrons. The predicted octanol–water partition coefficient (Wildman–Crippen LogP) is 16.8. The molecule has 0 aliphatic carbocycles. The zero-order chi connectivity index (χ0) is 41.7. The van der Waals surface area contributed by atoms with E-state index in [0.717, 1.165) is 55.8 Å². The van der Waals surface area contributed by atoms with E-state index in [1.807, 2.05) is 0 Å². The Kier molecular flexibility index (Phi) is 8.83. The van der Waals surface area contributed by atoms with Gasteiger partial charge in [-0.3, -0.25) is 0 Å². The van der Waals surface area contributed by atoms with Gasteiger partial charge in [0, 0.05) is 44.3 Å². The Morgan fingerprint density at radius 1 is 0.270 bits per heavy atom. The van der Waals surface area contributed by atoms with Crippen LogP contribution in [0.25, 0.3) is 93.9 Å². The van der Waals surface area contributed by atoms with Crippen molar-refractivity contribution in [2.75, 3.05) is 4.90 Å². The molecule has 12 rings (SSSR count). The van der Waals surface area contributed by atoms with Crippen molar-refractivity contribution < 1.29 is 4.42 Å². The summed E-state index contributed by atoms with van der Waals surface area (Å²) in [4.78, 5) is 2.34. The Hall–Kier alpha value is -8.40. The second-order valence-corrected chi connectivity index (χ2v) is 16.2. The Morgan fingerprint density at radius 2 is 0.651 bits per heavy atom. The summed E-state index contributed by atoms with van der Waals surface area (Å²) in [6.07, 6.45) is 0. The van der Waals surface area contributed by atoms with E-state index in [9.17, 15) is 0 Å². The van der Waals surface area contributed by atoms with Gasteiger partial charge in [0.05, 0.1) is 11.0 Å². The van der Waals surface area contributed by atoms with Gasteiger partial charge < -0.3 is 13.9 Å². The van der Waals surface area contributed by atoms with Gasteiger partial charge in [-0.25, -0.2) is 0 Å². The number of hydrogen-bond acceptors (Lipinski definition) is 2. The fourth-order valence-electron chi connectivity index (χ4n) is 9.26. The summed E-state index contributed by atoms with van der Waals surface area (Å²) in [6, 6.07) is 87.1. The monoisotopic (exact) mass is 804 g/mol. The molecule has 2 heterocycles. The molecule has 2 aromatic heterocycles. The highest BCUT2D eigenvalue weighted by atomic mass is 16.3. The molecule has 0 fully saturated rings. The second-order valence-electron chi connectivity index (χ2n) is 16.2. The zero-order valence-corrected chi connectivity index (χ0v) is 34.4. The summed E-state index contributed by atoms with van der Waals surface area (Å²) in [7, 11) is 0. The number of rotatable bonds is 8. The van der Waals surface area contributed by atoms with Crippen molar-refractivity contribution in [2.24, 2.45) is 0 Å². The highest BCUT2D eigenvalue weighted by Gasteiger charge is 2.18. The van der Waals surface area contributed by atoms with E-state index >= 15 is 0 Å². The molecule has 0 saturated heterocycles. The first kappa shape index (κ1) is 36.5. The molecule has 3 nitrogen and oxygen atoms in total. The number of fused-ring (bicyclic) bond motifs is 6. The smallest absolute Gasteiger partial charge is 0.135 e. The lowest BCUT2D eigenvalue weighted by Gasteiger charge is -2.26. The first-order valence-electron chi connectivity index (χ1n) is 21.5. The third-order valence-corrected chi connectivity index (χ3v) is 12.4. The first-order valence-corrected chi connectivity index (χ1v) is 21.5. The topological polar surface area (TPSA) is 21.3 Å². The molecular formula is C60H40N2O. The minimum Gasteiger partial charge on any atom is -0.456 e. The Morgan fingerprint density at radius 3 is 1.21 bits per heavy atom. The van der Waals surface area contributed by atoms with Gasteiger partial charge in [0.2, 0.25) is 0 Å². The van der Waals surface area contributed by atoms with Gasteiger partial charge in [-0.2, -0.15) is 0 Å². The van der Waals surface area contributed by atoms with Crippen molar-refractivity contribution in [1.82, 2.24) is 4.57 Å². The van der Waals surface area contributed by atoms with Crippen LogP contribution in [0.5, 0.6) is 0 Å². The minimum atomic E-state index is 0.887. The standard InChI is InChI=1S/C60H40N2O/c1-4-12-41(13-5-1)44-20-28-49(29-21-44)61(50-30-22-45(23-31-50)42-14-6-2-7-15-42)51-32-24-46(25-33-51)47-26-35-58-54(38-47)53-18-10-11-19-57(53)62(58)52-34-37-60-56(40-52)55-39-48(27-36-59(55)63-60)43-16-8-3-9-17-43/h1-40H. The normalized spacial score (nSPS) is 11.5. The van der Waals surface area contributed by atoms with Crippen LogP contribution in [-0.2, 0) is 0 Å². The summed E-state index contributed by atoms with van der Waals surface area (Å²) >= 11 is 0. The van der Waals surface area contributed by atoms with E-state index in [1.165, 1.54) is 55.2 Å². The molecule has 0 N–H and O–H groups in total. The molecule has 296 valence electrons. The zero-order valence-electron chi connectivity index (χ0n) is 34.4. The molecule has 0 spiro atoms. The average molecular weight is 805 g/mol. The molecule has 0 amide bonds. The SMILES string of the molecule is c1ccc(-c2ccc(N(c3ccc(-c4ccccc4)cc3)c3ccc(-c4ccc5c(c4)c4ccccc4n5-c4ccc5oc6ccc(-c7ccccc7)cc6c5c4)cc3)cc2)cc1. The van der Waals surface area contributed by atoms with E-state index < -0.39 is 0 Å². The van der Waals surface area contributed by atoms with E-state index in [4.69, 9.17) is 4.42 Å². The Balaban J connectivity index is 0.917. The molecular weight excluding hydrogens is 765 g/mol. The molecule has 3 heteroatoms. The summed E-state index contributed by atoms with van der Waals surface area (Å²) in [6.45, 7) is 0. The summed E-state index contributed by atoms with van der Waals surface area (Å²) in [5.74, 6) is 0. The van der Waals surface area contributed by atoms with E-state index in [0.29, 0.717) is 0 Å². The van der Waals surface area contributed by atoms with Crippen molar-refractivity contribution in [3.8, 4) is 50.2 Å². The van der Waals surface area contributed by atoms with Crippen molar-refractivity contribution >= 4 is 60.8 Å². The van der Waals surface area contributed by atoms with Crippen molar-refractivity contribution in [2.45, 2.75) is 0 Å². The van der Waals surface area contributed by atoms with Gasteiger partial charge in [0.25, 0.3) is 0 Å². The average Bonchev–Trinajstić information content (AvgIpc) is 3.90. The van der Waals surface area contributed by atoms with Gasteiger partial charge in [-0.15, -0.1) is 0 Å². The van der Waals surface area contributed by atoms with Crippen LogP contribution >= 0.6 is 0 Å². The lowest BCUT2D eigenvalue weighted by atomic mass is 10.0. The first-order chi connectivity index (χ1) is 31.2. The van der Waals surface area contributed by atoms with Crippen LogP contribution in [0.1, 0.15) is 0 Å². The van der Waals surface area contributed by atoms with Gasteiger partial charge in [-0.05, 0) is 129 Å². The van der Waals surface area contributed by atoms with Gasteiger partial charge >= 0.3 is 0 Å².